The molecule has 0 saturated carbocycles. The molecule has 1 aromatic heterocycles. The van der Waals surface area contributed by atoms with Crippen LogP contribution in [0.3, 0.4) is 0 Å². The quantitative estimate of drug-likeness (QED) is 0.846. The fourth-order valence-electron chi connectivity index (χ4n) is 1.46. The molecular formula is C10H18N4OS. The molecule has 90 valence electrons. The fourth-order valence-corrected chi connectivity index (χ4v) is 2.30. The molecule has 16 heavy (non-hydrogen) atoms. The molecule has 0 saturated heterocycles. The van der Waals surface area contributed by atoms with Gasteiger partial charge < -0.3 is 4.90 Å². The summed E-state index contributed by atoms with van der Waals surface area (Å²) in [6, 6.07) is 0.237. The van der Waals surface area contributed by atoms with Crippen molar-refractivity contribution in [2.24, 2.45) is 0 Å². The Morgan fingerprint density at radius 3 is 2.75 bits per heavy atom. The molecule has 1 heterocycles. The van der Waals surface area contributed by atoms with Gasteiger partial charge in [-0.05, 0) is 19.6 Å². The third-order valence-electron chi connectivity index (χ3n) is 2.49. The molecule has 0 aliphatic heterocycles. The summed E-state index contributed by atoms with van der Waals surface area (Å²) in [5.74, 6) is 1.72. The molecule has 0 spiro atoms. The molecule has 0 aromatic carbocycles. The van der Waals surface area contributed by atoms with Gasteiger partial charge in [0.05, 0.1) is 0 Å². The lowest BCUT2D eigenvalue weighted by Gasteiger charge is -2.25. The van der Waals surface area contributed by atoms with Crippen LogP contribution >= 0.6 is 11.8 Å². The van der Waals surface area contributed by atoms with E-state index in [1.54, 1.807) is 30.6 Å². The van der Waals surface area contributed by atoms with Crippen molar-refractivity contribution in [2.75, 3.05) is 19.1 Å². The molecule has 5 nitrogen and oxygen atoms in total. The van der Waals surface area contributed by atoms with E-state index >= 15 is 0 Å². The average Bonchev–Trinajstić information content (AvgIpc) is 2.70. The Morgan fingerprint density at radius 2 is 2.31 bits per heavy atom. The molecule has 1 rings (SSSR count). The Bertz CT molecular complexity index is 352. The molecule has 1 atom stereocenters. The summed E-state index contributed by atoms with van der Waals surface area (Å²) < 4.78 is 0. The van der Waals surface area contributed by atoms with E-state index in [2.05, 4.69) is 22.1 Å². The van der Waals surface area contributed by atoms with Crippen LogP contribution in [0.2, 0.25) is 0 Å². The lowest BCUT2D eigenvalue weighted by molar-refractivity contribution is 0.0731. The van der Waals surface area contributed by atoms with Crippen LogP contribution in [0.4, 0.5) is 0 Å². The summed E-state index contributed by atoms with van der Waals surface area (Å²) in [4.78, 5) is 17.8. The number of amides is 1. The van der Waals surface area contributed by atoms with Crippen molar-refractivity contribution in [3.63, 3.8) is 0 Å². The van der Waals surface area contributed by atoms with Gasteiger partial charge in [0.2, 0.25) is 5.82 Å². The highest BCUT2D eigenvalue weighted by Crippen LogP contribution is 2.10. The van der Waals surface area contributed by atoms with Gasteiger partial charge in [-0.3, -0.25) is 9.89 Å². The maximum Gasteiger partial charge on any atom is 0.293 e. The molecule has 0 radical (unpaired) electrons. The van der Waals surface area contributed by atoms with Crippen molar-refractivity contribution < 1.29 is 4.79 Å². The standard InChI is InChI=1S/C10H18N4OS/c1-5-8(6-16-4)14(3)10(15)9-11-7(2)12-13-9/h8H,5-6H2,1-4H3,(H,11,12,13). The predicted molar refractivity (Wildman–Crippen MR) is 65.7 cm³/mol. The van der Waals surface area contributed by atoms with Gasteiger partial charge in [-0.2, -0.15) is 11.8 Å². The molecule has 0 aliphatic carbocycles. The minimum absolute atomic E-state index is 0.120. The van der Waals surface area contributed by atoms with Crippen LogP contribution < -0.4 is 0 Å². The van der Waals surface area contributed by atoms with E-state index in [4.69, 9.17) is 0 Å². The largest absolute Gasteiger partial charge is 0.335 e. The average molecular weight is 242 g/mol. The van der Waals surface area contributed by atoms with Gasteiger partial charge in [0, 0.05) is 18.8 Å². The van der Waals surface area contributed by atoms with Crippen molar-refractivity contribution in [1.82, 2.24) is 20.1 Å². The number of nitrogens with zero attached hydrogens (tertiary/aromatic N) is 3. The first-order valence-electron chi connectivity index (χ1n) is 5.25. The number of aryl methyl sites for hydroxylation is 1. The second-order valence-corrected chi connectivity index (χ2v) is 4.59. The number of aromatic amines is 1. The minimum atomic E-state index is -0.120. The third kappa shape index (κ3) is 2.98. The van der Waals surface area contributed by atoms with E-state index in [-0.39, 0.29) is 17.8 Å². The van der Waals surface area contributed by atoms with Crippen LogP contribution in [-0.4, -0.2) is 51.1 Å². The number of hydrogen-bond acceptors (Lipinski definition) is 4. The molecule has 1 amide bonds. The van der Waals surface area contributed by atoms with Gasteiger partial charge in [0.15, 0.2) is 0 Å². The molecule has 0 bridgehead atoms. The van der Waals surface area contributed by atoms with Gasteiger partial charge in [0.25, 0.3) is 5.91 Å². The second kappa shape index (κ2) is 5.89. The van der Waals surface area contributed by atoms with E-state index < -0.39 is 0 Å². The molecule has 0 aliphatic rings. The molecule has 1 N–H and O–H groups in total. The van der Waals surface area contributed by atoms with Crippen molar-refractivity contribution in [2.45, 2.75) is 26.3 Å². The highest BCUT2D eigenvalue weighted by Gasteiger charge is 2.22. The number of thioether (sulfide) groups is 1. The number of nitrogens with one attached hydrogen (secondary N) is 1. The van der Waals surface area contributed by atoms with E-state index in [0.717, 1.165) is 12.2 Å². The summed E-state index contributed by atoms with van der Waals surface area (Å²) in [6.07, 6.45) is 2.98. The highest BCUT2D eigenvalue weighted by atomic mass is 32.2. The summed E-state index contributed by atoms with van der Waals surface area (Å²) in [6.45, 7) is 3.86. The summed E-state index contributed by atoms with van der Waals surface area (Å²) in [5.41, 5.74) is 0. The number of rotatable bonds is 5. The molecule has 6 heteroatoms. The van der Waals surface area contributed by atoms with Gasteiger partial charge in [-0.25, -0.2) is 4.98 Å². The number of aromatic nitrogens is 3. The van der Waals surface area contributed by atoms with Crippen LogP contribution in [0.15, 0.2) is 0 Å². The molecular weight excluding hydrogens is 224 g/mol. The number of carbonyl (C=O) groups excluding carboxylic acids is 1. The maximum absolute atomic E-state index is 12.0. The van der Waals surface area contributed by atoms with Crippen LogP contribution in [-0.2, 0) is 0 Å². The monoisotopic (exact) mass is 242 g/mol. The number of H-pyrrole nitrogens is 1. The summed E-state index contributed by atoms with van der Waals surface area (Å²) >= 11 is 1.74. The summed E-state index contributed by atoms with van der Waals surface area (Å²) in [5, 5.41) is 6.56. The zero-order valence-electron chi connectivity index (χ0n) is 10.1. The lowest BCUT2D eigenvalue weighted by atomic mass is 10.2. The highest BCUT2D eigenvalue weighted by molar-refractivity contribution is 7.98. The SMILES string of the molecule is CCC(CSC)N(C)C(=O)c1n[nH]c(C)n1. The van der Waals surface area contributed by atoms with Crippen molar-refractivity contribution >= 4 is 17.7 Å². The number of hydrogen-bond donors (Lipinski definition) is 1. The molecule has 1 unspecified atom stereocenters. The van der Waals surface area contributed by atoms with E-state index in [0.29, 0.717) is 5.82 Å². The van der Waals surface area contributed by atoms with Crippen LogP contribution in [0, 0.1) is 6.92 Å². The molecule has 0 fully saturated rings. The van der Waals surface area contributed by atoms with Gasteiger partial charge in [0.1, 0.15) is 5.82 Å². The predicted octanol–water partition coefficient (Wildman–Crippen LogP) is 1.33. The van der Waals surface area contributed by atoms with Crippen molar-refractivity contribution in [3.05, 3.63) is 11.6 Å². The number of carbonyl (C=O) groups is 1. The Labute approximate surface area is 100 Å². The lowest BCUT2D eigenvalue weighted by Crippen LogP contribution is -2.38. The van der Waals surface area contributed by atoms with Gasteiger partial charge >= 0.3 is 0 Å². The van der Waals surface area contributed by atoms with Crippen molar-refractivity contribution in [1.29, 1.82) is 0 Å². The van der Waals surface area contributed by atoms with E-state index in [1.807, 2.05) is 6.26 Å². The first-order chi connectivity index (χ1) is 7.60. The van der Waals surface area contributed by atoms with Crippen LogP contribution in [0.1, 0.15) is 29.8 Å². The Balaban J connectivity index is 2.72. The third-order valence-corrected chi connectivity index (χ3v) is 3.20. The fraction of sp³-hybridized carbons (Fsp3) is 0.700. The van der Waals surface area contributed by atoms with Crippen LogP contribution in [0.5, 0.6) is 0 Å². The maximum atomic E-state index is 12.0. The van der Waals surface area contributed by atoms with E-state index in [1.165, 1.54) is 0 Å². The van der Waals surface area contributed by atoms with Gasteiger partial charge in [-0.1, -0.05) is 6.92 Å². The van der Waals surface area contributed by atoms with E-state index in [9.17, 15) is 4.79 Å². The van der Waals surface area contributed by atoms with Gasteiger partial charge in [-0.15, -0.1) is 5.10 Å². The first kappa shape index (κ1) is 13.0. The van der Waals surface area contributed by atoms with Crippen molar-refractivity contribution in [3.8, 4) is 0 Å². The zero-order chi connectivity index (χ0) is 12.1. The first-order valence-corrected chi connectivity index (χ1v) is 6.64. The normalized spacial score (nSPS) is 12.5. The Morgan fingerprint density at radius 1 is 1.62 bits per heavy atom. The summed E-state index contributed by atoms with van der Waals surface area (Å²) in [7, 11) is 1.80. The minimum Gasteiger partial charge on any atom is -0.335 e. The second-order valence-electron chi connectivity index (χ2n) is 3.68. The smallest absolute Gasteiger partial charge is 0.293 e. The van der Waals surface area contributed by atoms with Crippen LogP contribution in [0.25, 0.3) is 0 Å². The topological polar surface area (TPSA) is 61.9 Å². The Kier molecular flexibility index (Phi) is 4.79. The Hall–Kier alpha value is -1.04. The molecule has 1 aromatic rings. The zero-order valence-corrected chi connectivity index (χ0v) is 11.0.